The van der Waals surface area contributed by atoms with E-state index in [4.69, 9.17) is 4.98 Å². The molecule has 0 bridgehead atoms. The molecule has 2 unspecified atom stereocenters. The van der Waals surface area contributed by atoms with Gasteiger partial charge in [0.05, 0.1) is 32.2 Å². The van der Waals surface area contributed by atoms with E-state index in [1.807, 2.05) is 24.1 Å². The number of para-hydroxylation sites is 1. The molecule has 63 heavy (non-hydrogen) atoms. The van der Waals surface area contributed by atoms with E-state index in [0.717, 1.165) is 96.9 Å². The van der Waals surface area contributed by atoms with Crippen LogP contribution in [0, 0.1) is 11.3 Å². The minimum atomic E-state index is -4.68. The summed E-state index contributed by atoms with van der Waals surface area (Å²) in [6, 6.07) is 12.3. The number of hydrogen-bond acceptors (Lipinski definition) is 11. The fourth-order valence-corrected chi connectivity index (χ4v) is 12.2. The lowest BCUT2D eigenvalue weighted by molar-refractivity contribution is -0.141. The average Bonchev–Trinajstić information content (AvgIpc) is 3.78. The van der Waals surface area contributed by atoms with Gasteiger partial charge in [-0.25, -0.2) is 9.97 Å². The Hall–Kier alpha value is -4.64. The number of carbonyl (C=O) groups excluding carboxylic acids is 3. The number of fused-ring (bicyclic) bond motifs is 2. The molecule has 0 radical (unpaired) electrons. The number of anilines is 3. The number of amides is 3. The lowest BCUT2D eigenvalue weighted by Crippen LogP contribution is -2.56. The summed E-state index contributed by atoms with van der Waals surface area (Å²) in [5.41, 5.74) is 2.02. The molecule has 4 aromatic rings. The molecule has 9 rings (SSSR count). The number of likely N-dealkylation sites (tertiary alicyclic amines) is 1. The lowest BCUT2D eigenvalue weighted by atomic mass is 9.64. The Morgan fingerprint density at radius 2 is 1.65 bits per heavy atom. The van der Waals surface area contributed by atoms with Crippen LogP contribution in [0.3, 0.4) is 0 Å². The average molecular weight is 888 g/mol. The summed E-state index contributed by atoms with van der Waals surface area (Å²) >= 11 is 1.57. The maximum Gasteiger partial charge on any atom is 0.433 e. The van der Waals surface area contributed by atoms with E-state index in [9.17, 15) is 37.8 Å². The molecule has 3 aliphatic heterocycles. The van der Waals surface area contributed by atoms with E-state index in [2.05, 4.69) is 26.6 Å². The third-order valence-corrected chi connectivity index (χ3v) is 15.8. The molecule has 1 spiro atoms. The maximum atomic E-state index is 13.3. The van der Waals surface area contributed by atoms with Gasteiger partial charge in [0.15, 0.2) is 0 Å². The zero-order chi connectivity index (χ0) is 44.4. The van der Waals surface area contributed by atoms with Crippen LogP contribution in [0.5, 0.6) is 0 Å². The quantitative estimate of drug-likeness (QED) is 0.127. The summed E-state index contributed by atoms with van der Waals surface area (Å²) in [6.07, 6.45) is 6.28. The van der Waals surface area contributed by atoms with Gasteiger partial charge in [0.25, 0.3) is 5.91 Å². The van der Waals surface area contributed by atoms with Crippen LogP contribution >= 0.6 is 11.3 Å². The van der Waals surface area contributed by atoms with Crippen molar-refractivity contribution in [1.29, 1.82) is 0 Å². The first-order valence-corrected chi connectivity index (χ1v) is 23.2. The normalized spacial score (nSPS) is 24.8. The summed E-state index contributed by atoms with van der Waals surface area (Å²) in [4.78, 5) is 52.6. The molecule has 336 valence electrons. The minimum Gasteiger partial charge on any atom is -0.386 e. The van der Waals surface area contributed by atoms with E-state index in [1.54, 1.807) is 42.2 Å². The number of piperidine rings is 2. The monoisotopic (exact) mass is 887 g/mol. The van der Waals surface area contributed by atoms with E-state index in [-0.39, 0.29) is 23.9 Å². The van der Waals surface area contributed by atoms with Crippen LogP contribution in [0.15, 0.2) is 48.5 Å². The highest BCUT2D eigenvalue weighted by atomic mass is 32.1. The van der Waals surface area contributed by atoms with Gasteiger partial charge < -0.3 is 30.2 Å². The minimum absolute atomic E-state index is 0.258. The van der Waals surface area contributed by atoms with Crippen molar-refractivity contribution in [1.82, 2.24) is 20.2 Å². The Bertz CT molecular complexity index is 2390. The molecule has 12 nitrogen and oxygen atoms in total. The number of nitrogens with one attached hydrogen (secondary N) is 2. The third-order valence-electron chi connectivity index (χ3n) is 14.7. The second-order valence-electron chi connectivity index (χ2n) is 19.2. The SMILES string of the molecule is CN1c2c(C3CCC4(CC3)CCN(C[C@H]3CC[C@H](c5nc6cc(C(C)(C)O)c(NC(=O)c7cccc(C(F)(F)F)n7)cc6s5)CC3)CC4)cccc2N(C2CCC(=O)NC2=O)C1O. The number of aliphatic hydroxyl groups excluding tert-OH is 1. The summed E-state index contributed by atoms with van der Waals surface area (Å²) < 4.78 is 40.7. The number of alkyl halides is 3. The summed E-state index contributed by atoms with van der Waals surface area (Å²) in [6.45, 7) is 6.53. The van der Waals surface area contributed by atoms with Gasteiger partial charge in [-0.3, -0.25) is 19.7 Å². The highest BCUT2D eigenvalue weighted by molar-refractivity contribution is 7.18. The number of carbonyl (C=O) groups is 3. The van der Waals surface area contributed by atoms with Crippen LogP contribution in [0.2, 0.25) is 0 Å². The van der Waals surface area contributed by atoms with Crippen LogP contribution in [0.4, 0.5) is 30.2 Å². The Morgan fingerprint density at radius 3 is 2.33 bits per heavy atom. The Labute approximate surface area is 369 Å². The first-order valence-electron chi connectivity index (χ1n) is 22.4. The van der Waals surface area contributed by atoms with Crippen molar-refractivity contribution in [3.8, 4) is 0 Å². The predicted octanol–water partition coefficient (Wildman–Crippen LogP) is 8.24. The Morgan fingerprint density at radius 1 is 0.937 bits per heavy atom. The van der Waals surface area contributed by atoms with E-state index < -0.39 is 35.8 Å². The number of aliphatic hydroxyl groups is 2. The van der Waals surface area contributed by atoms with Crippen LogP contribution in [-0.4, -0.2) is 81.9 Å². The van der Waals surface area contributed by atoms with E-state index >= 15 is 0 Å². The topological polar surface area (TPSA) is 151 Å². The molecule has 2 aromatic carbocycles. The fourth-order valence-electron chi connectivity index (χ4n) is 11.1. The van der Waals surface area contributed by atoms with Gasteiger partial charge in [-0.1, -0.05) is 18.2 Å². The first kappa shape index (κ1) is 43.6. The molecule has 4 N–H and O–H groups in total. The van der Waals surface area contributed by atoms with Crippen molar-refractivity contribution < 1.29 is 37.8 Å². The zero-order valence-corrected chi connectivity index (χ0v) is 36.8. The van der Waals surface area contributed by atoms with Crippen molar-refractivity contribution in [2.24, 2.45) is 11.3 Å². The van der Waals surface area contributed by atoms with E-state index in [0.29, 0.717) is 40.8 Å². The van der Waals surface area contributed by atoms with Crippen LogP contribution in [-0.2, 0) is 21.4 Å². The molecular weight excluding hydrogens is 832 g/mol. The first-order chi connectivity index (χ1) is 30.0. The highest BCUT2D eigenvalue weighted by Gasteiger charge is 2.45. The van der Waals surface area contributed by atoms with Gasteiger partial charge in [0.2, 0.25) is 18.2 Å². The number of pyridine rings is 1. The van der Waals surface area contributed by atoms with Crippen molar-refractivity contribution in [2.45, 2.75) is 127 Å². The van der Waals surface area contributed by atoms with Crippen LogP contribution in [0.25, 0.3) is 10.2 Å². The fraction of sp³-hybridized carbons (Fsp3) is 0.553. The van der Waals surface area contributed by atoms with Gasteiger partial charge in [-0.05, 0) is 151 Å². The number of nitrogens with zero attached hydrogens (tertiary/aromatic N) is 5. The van der Waals surface area contributed by atoms with Crippen molar-refractivity contribution in [3.63, 3.8) is 0 Å². The van der Waals surface area contributed by atoms with Gasteiger partial charge in [0, 0.05) is 37.2 Å². The van der Waals surface area contributed by atoms with Gasteiger partial charge in [-0.15, -0.1) is 11.3 Å². The molecule has 2 aliphatic carbocycles. The predicted molar refractivity (Wildman–Crippen MR) is 236 cm³/mol. The lowest BCUT2D eigenvalue weighted by Gasteiger charge is -2.47. The third kappa shape index (κ3) is 8.67. The Kier molecular flexibility index (Phi) is 11.6. The molecule has 5 aliphatic rings. The summed E-state index contributed by atoms with van der Waals surface area (Å²) in [5.74, 6) is -0.0995. The second kappa shape index (κ2) is 16.7. The maximum absolute atomic E-state index is 13.3. The molecular formula is C47H56F3N7O5S. The molecule has 3 amide bonds. The molecule has 4 fully saturated rings. The Balaban J connectivity index is 0.781. The number of aromatic nitrogens is 2. The number of halogens is 3. The van der Waals surface area contributed by atoms with E-state index in [1.165, 1.54) is 37.3 Å². The summed E-state index contributed by atoms with van der Waals surface area (Å²) in [5, 5.41) is 28.5. The second-order valence-corrected chi connectivity index (χ2v) is 20.2. The smallest absolute Gasteiger partial charge is 0.386 e. The standard InChI is InChI=1S/C47H56F3N7O5S/c1-45(2,62)31-24-34-37(25-33(31)52-41(59)32-7-5-9-38(51-32)47(48,49)50)63-43(53-34)29-12-10-27(11-13-29)26-56-22-20-46(21-23-56)18-16-28(17-19-46)30-6-4-8-35-40(30)55(3)44(61)57(35)36-14-15-39(58)54-42(36)60/h4-9,24-25,27-29,36,44,61-62H,10-23,26H2,1-3H3,(H,52,59)(H,54,58,60)/t27-,29-,36?,44?. The molecule has 2 aromatic heterocycles. The largest absolute Gasteiger partial charge is 0.433 e. The van der Waals surface area contributed by atoms with Crippen molar-refractivity contribution in [2.75, 3.05) is 41.8 Å². The highest BCUT2D eigenvalue weighted by Crippen LogP contribution is 2.53. The zero-order valence-electron chi connectivity index (χ0n) is 36.0. The van der Waals surface area contributed by atoms with Crippen molar-refractivity contribution >= 4 is 56.3 Å². The van der Waals surface area contributed by atoms with Gasteiger partial charge in [-0.2, -0.15) is 13.2 Å². The van der Waals surface area contributed by atoms with Gasteiger partial charge >= 0.3 is 6.18 Å². The number of thiazole rings is 1. The summed E-state index contributed by atoms with van der Waals surface area (Å²) in [7, 11) is 1.89. The molecule has 5 heterocycles. The molecule has 2 saturated carbocycles. The van der Waals surface area contributed by atoms with Crippen LogP contribution < -0.4 is 20.4 Å². The number of hydrogen-bond donors (Lipinski definition) is 4. The van der Waals surface area contributed by atoms with Crippen LogP contribution in [0.1, 0.15) is 135 Å². The molecule has 2 saturated heterocycles. The molecule has 16 heteroatoms. The van der Waals surface area contributed by atoms with Crippen molar-refractivity contribution in [3.05, 3.63) is 76.1 Å². The molecule has 2 atom stereocenters. The van der Waals surface area contributed by atoms with Gasteiger partial charge in [0.1, 0.15) is 17.4 Å². The number of rotatable bonds is 8. The number of imide groups is 1. The number of benzene rings is 2.